The highest BCUT2D eigenvalue weighted by Crippen LogP contribution is 2.26. The van der Waals surface area contributed by atoms with E-state index in [9.17, 15) is 8.42 Å². The quantitative estimate of drug-likeness (QED) is 0.757. The summed E-state index contributed by atoms with van der Waals surface area (Å²) in [6.07, 6.45) is 0.962. The predicted molar refractivity (Wildman–Crippen MR) is 81.6 cm³/mol. The number of rotatable bonds is 7. The van der Waals surface area contributed by atoms with E-state index < -0.39 is 15.3 Å². The zero-order valence-corrected chi connectivity index (χ0v) is 13.2. The first-order valence-corrected chi connectivity index (χ1v) is 8.34. The largest absolute Gasteiger partial charge is 0.315 e. The lowest BCUT2D eigenvalue weighted by molar-refractivity contribution is 0.576. The lowest BCUT2D eigenvalue weighted by Gasteiger charge is -2.16. The molecule has 1 aromatic carbocycles. The second-order valence-corrected chi connectivity index (χ2v) is 7.23. The van der Waals surface area contributed by atoms with Crippen LogP contribution in [0.3, 0.4) is 0 Å². The van der Waals surface area contributed by atoms with Crippen LogP contribution in [0.15, 0.2) is 18.2 Å². The number of sulfonamides is 1. The third-order valence-corrected chi connectivity index (χ3v) is 4.85. The van der Waals surface area contributed by atoms with E-state index >= 15 is 0 Å². The van der Waals surface area contributed by atoms with E-state index in [-0.39, 0.29) is 5.02 Å². The van der Waals surface area contributed by atoms with Crippen LogP contribution in [0.5, 0.6) is 0 Å². The van der Waals surface area contributed by atoms with Gasteiger partial charge in [-0.05, 0) is 38.1 Å². The van der Waals surface area contributed by atoms with E-state index in [4.69, 9.17) is 23.2 Å². The van der Waals surface area contributed by atoms with E-state index in [1.54, 1.807) is 19.1 Å². The van der Waals surface area contributed by atoms with Crippen molar-refractivity contribution in [1.82, 2.24) is 5.32 Å². The minimum Gasteiger partial charge on any atom is -0.315 e. The van der Waals surface area contributed by atoms with Crippen LogP contribution in [0.2, 0.25) is 10.0 Å². The van der Waals surface area contributed by atoms with Crippen molar-refractivity contribution in [2.24, 2.45) is 0 Å². The van der Waals surface area contributed by atoms with E-state index in [1.807, 2.05) is 6.92 Å². The Labute approximate surface area is 124 Å². The van der Waals surface area contributed by atoms with Gasteiger partial charge in [0.2, 0.25) is 10.0 Å². The Morgan fingerprint density at radius 3 is 2.58 bits per heavy atom. The summed E-state index contributed by atoms with van der Waals surface area (Å²) >= 11 is 11.7. The first kappa shape index (κ1) is 16.6. The van der Waals surface area contributed by atoms with Crippen LogP contribution in [0, 0.1) is 0 Å². The molecule has 2 N–H and O–H groups in total. The minimum absolute atomic E-state index is 0.282. The Bertz CT molecular complexity index is 520. The summed E-state index contributed by atoms with van der Waals surface area (Å²) in [6, 6.07) is 4.64. The van der Waals surface area contributed by atoms with Crippen molar-refractivity contribution in [2.75, 3.05) is 17.8 Å². The Morgan fingerprint density at radius 1 is 1.32 bits per heavy atom. The SMILES string of the molecule is CCCNCC(C)S(=O)(=O)Nc1ccc(Cl)cc1Cl. The molecule has 0 radical (unpaired) electrons. The second-order valence-electron chi connectivity index (χ2n) is 4.29. The molecule has 0 aliphatic heterocycles. The average molecular weight is 325 g/mol. The van der Waals surface area contributed by atoms with Gasteiger partial charge in [-0.2, -0.15) is 0 Å². The molecule has 0 heterocycles. The Kier molecular flexibility index (Phi) is 6.39. The summed E-state index contributed by atoms with van der Waals surface area (Å²) in [6.45, 7) is 4.86. The van der Waals surface area contributed by atoms with Crippen molar-refractivity contribution in [3.05, 3.63) is 28.2 Å². The van der Waals surface area contributed by atoms with Gasteiger partial charge in [-0.15, -0.1) is 0 Å². The van der Waals surface area contributed by atoms with Crippen molar-refractivity contribution in [3.63, 3.8) is 0 Å². The lowest BCUT2D eigenvalue weighted by Crippen LogP contribution is -2.35. The molecule has 0 spiro atoms. The van der Waals surface area contributed by atoms with Crippen molar-refractivity contribution in [3.8, 4) is 0 Å². The Morgan fingerprint density at radius 2 is 2.00 bits per heavy atom. The van der Waals surface area contributed by atoms with Crippen molar-refractivity contribution >= 4 is 38.9 Å². The molecule has 0 amide bonds. The molecule has 7 heteroatoms. The molecule has 4 nitrogen and oxygen atoms in total. The van der Waals surface area contributed by atoms with Gasteiger partial charge in [0.05, 0.1) is 16.0 Å². The first-order chi connectivity index (χ1) is 8.86. The number of nitrogens with one attached hydrogen (secondary N) is 2. The van der Waals surface area contributed by atoms with Gasteiger partial charge in [0.25, 0.3) is 0 Å². The fraction of sp³-hybridized carbons (Fsp3) is 0.500. The minimum atomic E-state index is -3.47. The zero-order chi connectivity index (χ0) is 14.5. The third kappa shape index (κ3) is 5.18. The van der Waals surface area contributed by atoms with Gasteiger partial charge in [-0.1, -0.05) is 30.1 Å². The highest BCUT2D eigenvalue weighted by atomic mass is 35.5. The van der Waals surface area contributed by atoms with E-state index in [2.05, 4.69) is 10.0 Å². The third-order valence-electron chi connectivity index (χ3n) is 2.57. The molecule has 1 unspecified atom stereocenters. The van der Waals surface area contributed by atoms with Crippen LogP contribution in [0.1, 0.15) is 20.3 Å². The molecular formula is C12H18Cl2N2O2S. The van der Waals surface area contributed by atoms with Crippen LogP contribution >= 0.6 is 23.2 Å². The molecule has 0 bridgehead atoms. The smallest absolute Gasteiger partial charge is 0.236 e. The van der Waals surface area contributed by atoms with Crippen molar-refractivity contribution in [1.29, 1.82) is 0 Å². The van der Waals surface area contributed by atoms with Crippen LogP contribution < -0.4 is 10.0 Å². The van der Waals surface area contributed by atoms with Gasteiger partial charge in [-0.3, -0.25) is 4.72 Å². The molecule has 0 aliphatic carbocycles. The molecular weight excluding hydrogens is 307 g/mol. The summed E-state index contributed by atoms with van der Waals surface area (Å²) in [5.41, 5.74) is 0.341. The van der Waals surface area contributed by atoms with Crippen molar-refractivity contribution in [2.45, 2.75) is 25.5 Å². The molecule has 0 fully saturated rings. The fourth-order valence-corrected chi connectivity index (χ4v) is 2.95. The van der Waals surface area contributed by atoms with E-state index in [0.29, 0.717) is 17.3 Å². The topological polar surface area (TPSA) is 58.2 Å². The first-order valence-electron chi connectivity index (χ1n) is 6.04. The van der Waals surface area contributed by atoms with Crippen LogP contribution in [0.25, 0.3) is 0 Å². The number of halogens is 2. The highest BCUT2D eigenvalue weighted by molar-refractivity contribution is 7.93. The number of anilines is 1. The molecule has 0 saturated carbocycles. The second kappa shape index (κ2) is 7.33. The number of hydrogen-bond donors (Lipinski definition) is 2. The molecule has 108 valence electrons. The highest BCUT2D eigenvalue weighted by Gasteiger charge is 2.21. The number of hydrogen-bond acceptors (Lipinski definition) is 3. The summed E-state index contributed by atoms with van der Waals surface area (Å²) in [7, 11) is -3.47. The van der Waals surface area contributed by atoms with Crippen LogP contribution in [-0.4, -0.2) is 26.8 Å². The van der Waals surface area contributed by atoms with Gasteiger partial charge in [0.1, 0.15) is 0 Å². The van der Waals surface area contributed by atoms with Crippen molar-refractivity contribution < 1.29 is 8.42 Å². The summed E-state index contributed by atoms with van der Waals surface area (Å²) in [4.78, 5) is 0. The van der Waals surface area contributed by atoms with Crippen LogP contribution in [-0.2, 0) is 10.0 Å². The fourth-order valence-electron chi connectivity index (χ4n) is 1.42. The molecule has 0 aliphatic rings. The van der Waals surface area contributed by atoms with Gasteiger partial charge < -0.3 is 5.32 Å². The van der Waals surface area contributed by atoms with Gasteiger partial charge in [-0.25, -0.2) is 8.42 Å². The predicted octanol–water partition coefficient (Wildman–Crippen LogP) is 3.12. The summed E-state index contributed by atoms with van der Waals surface area (Å²) in [5.74, 6) is 0. The van der Waals surface area contributed by atoms with Gasteiger partial charge in [0, 0.05) is 11.6 Å². The van der Waals surface area contributed by atoms with Gasteiger partial charge in [0.15, 0.2) is 0 Å². The lowest BCUT2D eigenvalue weighted by atomic mass is 10.3. The molecule has 1 rings (SSSR count). The number of benzene rings is 1. The zero-order valence-electron chi connectivity index (χ0n) is 10.9. The maximum atomic E-state index is 12.1. The standard InChI is InChI=1S/C12H18Cl2N2O2S/c1-3-6-15-8-9(2)19(17,18)16-12-5-4-10(13)7-11(12)14/h4-5,7,9,15-16H,3,6,8H2,1-2H3. The monoisotopic (exact) mass is 324 g/mol. The Balaban J connectivity index is 2.73. The maximum absolute atomic E-state index is 12.1. The average Bonchev–Trinajstić information content (AvgIpc) is 2.33. The molecule has 19 heavy (non-hydrogen) atoms. The normalized spacial score (nSPS) is 13.3. The molecule has 1 aromatic rings. The molecule has 1 atom stereocenters. The molecule has 0 aromatic heterocycles. The van der Waals surface area contributed by atoms with E-state index in [0.717, 1.165) is 13.0 Å². The van der Waals surface area contributed by atoms with Crippen LogP contribution in [0.4, 0.5) is 5.69 Å². The summed E-state index contributed by atoms with van der Waals surface area (Å²) in [5, 5.41) is 3.27. The summed E-state index contributed by atoms with van der Waals surface area (Å²) < 4.78 is 26.7. The molecule has 0 saturated heterocycles. The maximum Gasteiger partial charge on any atom is 0.236 e. The Hall–Kier alpha value is -0.490. The van der Waals surface area contributed by atoms with E-state index in [1.165, 1.54) is 6.07 Å². The van der Waals surface area contributed by atoms with Gasteiger partial charge >= 0.3 is 0 Å².